The first kappa shape index (κ1) is 22.1. The van der Waals surface area contributed by atoms with E-state index >= 15 is 0 Å². The summed E-state index contributed by atoms with van der Waals surface area (Å²) >= 11 is 0. The minimum absolute atomic E-state index is 0.0305. The highest BCUT2D eigenvalue weighted by Crippen LogP contribution is 2.26. The summed E-state index contributed by atoms with van der Waals surface area (Å²) in [5.74, 6) is 2.87. The second-order valence-corrected chi connectivity index (χ2v) is 6.08. The number of esters is 1. The van der Waals surface area contributed by atoms with Crippen molar-refractivity contribution in [2.75, 3.05) is 13.2 Å². The van der Waals surface area contributed by atoms with Crippen molar-refractivity contribution in [3.05, 3.63) is 65.4 Å². The standard InChI is InChI=1S/C21H16F4N2O4/c1-2-30-20(28)13-29-12-16-17(27-10-4-3-5-19(27)26-16)8-6-14-7-9-18(15(22)11-14)31-21(23,24)25/h3-5,7,9-11H,2,12-13H2,1H3. The normalized spacial score (nSPS) is 11.1. The van der Waals surface area contributed by atoms with Gasteiger partial charge in [0.1, 0.15) is 23.6 Å². The first-order chi connectivity index (χ1) is 14.8. The lowest BCUT2D eigenvalue weighted by atomic mass is 10.2. The number of carbonyl (C=O) groups is 1. The Hall–Kier alpha value is -3.58. The molecule has 31 heavy (non-hydrogen) atoms. The van der Waals surface area contributed by atoms with Crippen molar-refractivity contribution < 1.29 is 36.6 Å². The van der Waals surface area contributed by atoms with Crippen LogP contribution in [0.4, 0.5) is 17.6 Å². The number of carbonyl (C=O) groups excluding carboxylic acids is 1. The number of halogens is 4. The molecule has 1 aromatic carbocycles. The number of rotatable bonds is 6. The number of imidazole rings is 1. The Kier molecular flexibility index (Phi) is 6.77. The summed E-state index contributed by atoms with van der Waals surface area (Å²) in [6.45, 7) is 1.62. The van der Waals surface area contributed by atoms with Gasteiger partial charge in [-0.25, -0.2) is 14.2 Å². The Morgan fingerprint density at radius 3 is 2.71 bits per heavy atom. The summed E-state index contributed by atoms with van der Waals surface area (Å²) < 4.78 is 66.1. The van der Waals surface area contributed by atoms with Crippen LogP contribution in [0.25, 0.3) is 5.65 Å². The van der Waals surface area contributed by atoms with Crippen LogP contribution in [-0.2, 0) is 20.9 Å². The molecule has 0 bridgehead atoms. The molecule has 0 radical (unpaired) electrons. The van der Waals surface area contributed by atoms with Crippen LogP contribution >= 0.6 is 0 Å². The van der Waals surface area contributed by atoms with Gasteiger partial charge in [0, 0.05) is 11.8 Å². The van der Waals surface area contributed by atoms with Crippen molar-refractivity contribution in [2.24, 2.45) is 0 Å². The van der Waals surface area contributed by atoms with Gasteiger partial charge >= 0.3 is 12.3 Å². The lowest BCUT2D eigenvalue weighted by molar-refractivity contribution is -0.275. The molecule has 0 fully saturated rings. The second-order valence-electron chi connectivity index (χ2n) is 6.08. The lowest BCUT2D eigenvalue weighted by Gasteiger charge is -2.09. The quantitative estimate of drug-likeness (QED) is 0.334. The molecule has 0 saturated carbocycles. The van der Waals surface area contributed by atoms with Gasteiger partial charge in [-0.05, 0) is 43.2 Å². The fourth-order valence-corrected chi connectivity index (χ4v) is 2.63. The van der Waals surface area contributed by atoms with E-state index < -0.39 is 23.9 Å². The minimum Gasteiger partial charge on any atom is -0.464 e. The summed E-state index contributed by atoms with van der Waals surface area (Å²) in [6.07, 6.45) is -3.29. The highest BCUT2D eigenvalue weighted by Gasteiger charge is 2.32. The molecule has 10 heteroatoms. The molecule has 0 atom stereocenters. The number of benzene rings is 1. The fraction of sp³-hybridized carbons (Fsp3) is 0.238. The average molecular weight is 436 g/mol. The molecule has 0 aliphatic heterocycles. The zero-order valence-corrected chi connectivity index (χ0v) is 16.2. The maximum Gasteiger partial charge on any atom is 0.573 e. The highest BCUT2D eigenvalue weighted by atomic mass is 19.4. The van der Waals surface area contributed by atoms with E-state index in [1.807, 2.05) is 0 Å². The van der Waals surface area contributed by atoms with Crippen molar-refractivity contribution in [1.82, 2.24) is 9.38 Å². The topological polar surface area (TPSA) is 62.1 Å². The number of hydrogen-bond acceptors (Lipinski definition) is 5. The van der Waals surface area contributed by atoms with Gasteiger partial charge < -0.3 is 14.2 Å². The molecular formula is C21H16F4N2O4. The van der Waals surface area contributed by atoms with E-state index in [0.29, 0.717) is 17.0 Å². The molecule has 162 valence electrons. The molecule has 3 rings (SSSR count). The molecule has 2 heterocycles. The van der Waals surface area contributed by atoms with Gasteiger partial charge in [-0.15, -0.1) is 13.2 Å². The van der Waals surface area contributed by atoms with Crippen molar-refractivity contribution in [3.8, 4) is 17.6 Å². The van der Waals surface area contributed by atoms with Crippen LogP contribution in [0.3, 0.4) is 0 Å². The molecule has 0 spiro atoms. The molecule has 0 aliphatic rings. The molecule has 2 aromatic heterocycles. The van der Waals surface area contributed by atoms with Gasteiger partial charge in [-0.1, -0.05) is 12.0 Å². The summed E-state index contributed by atoms with van der Waals surface area (Å²) in [4.78, 5) is 15.8. The highest BCUT2D eigenvalue weighted by molar-refractivity contribution is 5.70. The SMILES string of the molecule is CCOC(=O)COCc1nc2ccccn2c1C#Cc1ccc(OC(F)(F)F)c(F)c1. The van der Waals surface area contributed by atoms with Crippen LogP contribution in [0.1, 0.15) is 23.9 Å². The predicted molar refractivity (Wildman–Crippen MR) is 101 cm³/mol. The van der Waals surface area contributed by atoms with E-state index in [1.165, 1.54) is 6.07 Å². The van der Waals surface area contributed by atoms with Gasteiger partial charge in [0.2, 0.25) is 0 Å². The summed E-state index contributed by atoms with van der Waals surface area (Å²) in [5.41, 5.74) is 1.56. The van der Waals surface area contributed by atoms with Crippen molar-refractivity contribution in [2.45, 2.75) is 19.9 Å². The third kappa shape index (κ3) is 5.96. The first-order valence-electron chi connectivity index (χ1n) is 9.03. The molecule has 0 N–H and O–H groups in total. The minimum atomic E-state index is -5.00. The van der Waals surface area contributed by atoms with E-state index in [0.717, 1.165) is 12.1 Å². The van der Waals surface area contributed by atoms with Crippen LogP contribution in [0.5, 0.6) is 5.75 Å². The van der Waals surface area contributed by atoms with Gasteiger partial charge in [0.05, 0.1) is 13.2 Å². The number of alkyl halides is 3. The summed E-state index contributed by atoms with van der Waals surface area (Å²) in [7, 11) is 0. The summed E-state index contributed by atoms with van der Waals surface area (Å²) in [5, 5.41) is 0. The number of hydrogen-bond donors (Lipinski definition) is 0. The molecule has 3 aromatic rings. The van der Waals surface area contributed by atoms with Gasteiger partial charge in [0.25, 0.3) is 0 Å². The maximum absolute atomic E-state index is 13.9. The lowest BCUT2D eigenvalue weighted by Crippen LogP contribution is -2.17. The Morgan fingerprint density at radius 2 is 2.00 bits per heavy atom. The van der Waals surface area contributed by atoms with Crippen LogP contribution in [0, 0.1) is 17.7 Å². The molecule has 0 saturated heterocycles. The number of nitrogens with zero attached hydrogens (tertiary/aromatic N) is 2. The molecule has 0 amide bonds. The first-order valence-corrected chi connectivity index (χ1v) is 9.03. The fourth-order valence-electron chi connectivity index (χ4n) is 2.63. The third-order valence-electron chi connectivity index (χ3n) is 3.85. The Labute approximate surface area is 174 Å². The van der Waals surface area contributed by atoms with Gasteiger partial charge in [-0.3, -0.25) is 4.40 Å². The van der Waals surface area contributed by atoms with Crippen LogP contribution in [0.15, 0.2) is 42.6 Å². The third-order valence-corrected chi connectivity index (χ3v) is 3.85. The smallest absolute Gasteiger partial charge is 0.464 e. The Balaban J connectivity index is 1.85. The largest absolute Gasteiger partial charge is 0.573 e. The van der Waals surface area contributed by atoms with Crippen LogP contribution in [0.2, 0.25) is 0 Å². The number of fused-ring (bicyclic) bond motifs is 1. The van der Waals surface area contributed by atoms with Gasteiger partial charge in [-0.2, -0.15) is 0 Å². The van der Waals surface area contributed by atoms with Crippen molar-refractivity contribution in [1.29, 1.82) is 0 Å². The predicted octanol–water partition coefficient (Wildman–Crippen LogP) is 3.85. The van der Waals surface area contributed by atoms with Gasteiger partial charge in [0.15, 0.2) is 11.6 Å². The number of ether oxygens (including phenoxy) is 3. The summed E-state index contributed by atoms with van der Waals surface area (Å²) in [6, 6.07) is 8.17. The van der Waals surface area contributed by atoms with E-state index in [1.54, 1.807) is 35.7 Å². The Bertz CT molecular complexity index is 1150. The number of pyridine rings is 1. The Morgan fingerprint density at radius 1 is 1.19 bits per heavy atom. The zero-order chi connectivity index (χ0) is 22.4. The maximum atomic E-state index is 13.9. The second kappa shape index (κ2) is 9.49. The molecule has 6 nitrogen and oxygen atoms in total. The molecular weight excluding hydrogens is 420 g/mol. The van der Waals surface area contributed by atoms with Crippen LogP contribution in [-0.4, -0.2) is 34.9 Å². The average Bonchev–Trinajstić information content (AvgIpc) is 3.05. The van der Waals surface area contributed by atoms with E-state index in [9.17, 15) is 22.4 Å². The van der Waals surface area contributed by atoms with E-state index in [2.05, 4.69) is 21.6 Å². The van der Waals surface area contributed by atoms with Crippen molar-refractivity contribution >= 4 is 11.6 Å². The van der Waals surface area contributed by atoms with Crippen molar-refractivity contribution in [3.63, 3.8) is 0 Å². The van der Waals surface area contributed by atoms with E-state index in [4.69, 9.17) is 9.47 Å². The number of aromatic nitrogens is 2. The van der Waals surface area contributed by atoms with Crippen LogP contribution < -0.4 is 4.74 Å². The zero-order valence-electron chi connectivity index (χ0n) is 16.2. The monoisotopic (exact) mass is 436 g/mol. The van der Waals surface area contributed by atoms with E-state index in [-0.39, 0.29) is 25.4 Å². The molecule has 0 aliphatic carbocycles. The molecule has 0 unspecified atom stereocenters.